The Balaban J connectivity index is 1.36. The van der Waals surface area contributed by atoms with Crippen LogP contribution in [-0.2, 0) is 20.2 Å². The summed E-state index contributed by atoms with van der Waals surface area (Å²) in [7, 11) is 1.99. The highest BCUT2D eigenvalue weighted by molar-refractivity contribution is 6.30. The number of anilines is 1. The van der Waals surface area contributed by atoms with Crippen LogP contribution in [0.5, 0.6) is 5.75 Å². The van der Waals surface area contributed by atoms with Crippen LogP contribution in [0, 0.1) is 0 Å². The van der Waals surface area contributed by atoms with Crippen molar-refractivity contribution in [1.29, 1.82) is 0 Å². The molecule has 0 unspecified atom stereocenters. The van der Waals surface area contributed by atoms with E-state index in [-0.39, 0.29) is 0 Å². The number of nitrogens with zero attached hydrogens (tertiary/aromatic N) is 2. The second kappa shape index (κ2) is 8.84. The molecule has 0 saturated carbocycles. The second-order valence-corrected chi connectivity index (χ2v) is 7.24. The maximum Gasteiger partial charge on any atom is 0.203 e. The first kappa shape index (κ1) is 19.1. The first-order valence-electron chi connectivity index (χ1n) is 9.46. The fraction of sp³-hybridized carbons (Fsp3) is 0.125. The van der Waals surface area contributed by atoms with Crippen molar-refractivity contribution in [3.05, 3.63) is 101 Å². The summed E-state index contributed by atoms with van der Waals surface area (Å²) in [6, 6.07) is 26.1. The van der Waals surface area contributed by atoms with Gasteiger partial charge >= 0.3 is 0 Å². The molecule has 0 spiro atoms. The zero-order valence-corrected chi connectivity index (χ0v) is 16.9. The van der Waals surface area contributed by atoms with Gasteiger partial charge in [-0.15, -0.1) is 0 Å². The fourth-order valence-corrected chi connectivity index (χ4v) is 3.31. The number of aromatic nitrogens is 2. The van der Waals surface area contributed by atoms with Crippen molar-refractivity contribution in [2.45, 2.75) is 13.2 Å². The van der Waals surface area contributed by atoms with E-state index < -0.39 is 0 Å². The molecule has 1 aromatic heterocycles. The average molecular weight is 404 g/mol. The Morgan fingerprint density at radius 3 is 2.48 bits per heavy atom. The molecule has 29 heavy (non-hydrogen) atoms. The van der Waals surface area contributed by atoms with Gasteiger partial charge < -0.3 is 14.6 Å². The van der Waals surface area contributed by atoms with Gasteiger partial charge in [-0.2, -0.15) is 0 Å². The Morgan fingerprint density at radius 2 is 1.72 bits per heavy atom. The van der Waals surface area contributed by atoms with Gasteiger partial charge in [0.05, 0.1) is 11.9 Å². The highest BCUT2D eigenvalue weighted by Gasteiger charge is 2.09. The number of hydrogen-bond donors (Lipinski definition) is 1. The maximum absolute atomic E-state index is 6.11. The molecule has 0 aliphatic heterocycles. The topological polar surface area (TPSA) is 39.1 Å². The zero-order valence-electron chi connectivity index (χ0n) is 16.2. The van der Waals surface area contributed by atoms with Gasteiger partial charge in [0.25, 0.3) is 0 Å². The summed E-state index contributed by atoms with van der Waals surface area (Å²) in [5.41, 5.74) is 4.37. The molecule has 146 valence electrons. The van der Waals surface area contributed by atoms with Gasteiger partial charge in [0.2, 0.25) is 5.95 Å². The van der Waals surface area contributed by atoms with Crippen LogP contribution in [0.25, 0.3) is 11.3 Å². The summed E-state index contributed by atoms with van der Waals surface area (Å²) >= 11 is 6.11. The zero-order chi connectivity index (χ0) is 20.1. The molecule has 1 heterocycles. The Morgan fingerprint density at radius 1 is 0.931 bits per heavy atom. The van der Waals surface area contributed by atoms with Crippen molar-refractivity contribution < 1.29 is 4.74 Å². The Kier molecular flexibility index (Phi) is 5.82. The lowest BCUT2D eigenvalue weighted by molar-refractivity contribution is 0.306. The normalized spacial score (nSPS) is 10.7. The molecule has 0 radical (unpaired) electrons. The highest BCUT2D eigenvalue weighted by atomic mass is 35.5. The summed E-state index contributed by atoms with van der Waals surface area (Å²) in [6.45, 7) is 1.25. The largest absolute Gasteiger partial charge is 0.489 e. The van der Waals surface area contributed by atoms with Crippen molar-refractivity contribution in [3.8, 4) is 17.0 Å². The smallest absolute Gasteiger partial charge is 0.203 e. The molecule has 5 heteroatoms. The predicted octanol–water partition coefficient (Wildman–Crippen LogP) is 5.93. The van der Waals surface area contributed by atoms with E-state index in [1.54, 1.807) is 0 Å². The Labute approximate surface area is 175 Å². The van der Waals surface area contributed by atoms with Crippen LogP contribution in [0.15, 0.2) is 85.1 Å². The van der Waals surface area contributed by atoms with Crippen LogP contribution < -0.4 is 10.1 Å². The van der Waals surface area contributed by atoms with Crippen LogP contribution in [-0.4, -0.2) is 9.55 Å². The number of rotatable bonds is 7. The molecule has 0 aliphatic rings. The van der Waals surface area contributed by atoms with Crippen LogP contribution >= 0.6 is 11.6 Å². The van der Waals surface area contributed by atoms with E-state index in [1.807, 2.05) is 72.4 Å². The number of benzene rings is 3. The van der Waals surface area contributed by atoms with Gasteiger partial charge in [0.1, 0.15) is 12.4 Å². The maximum atomic E-state index is 6.11. The lowest BCUT2D eigenvalue weighted by Crippen LogP contribution is -2.05. The number of hydrogen-bond acceptors (Lipinski definition) is 3. The summed E-state index contributed by atoms with van der Waals surface area (Å²) in [6.07, 6.45) is 1.86. The Bertz CT molecular complexity index is 1070. The quantitative estimate of drug-likeness (QED) is 0.415. The van der Waals surface area contributed by atoms with Crippen molar-refractivity contribution in [1.82, 2.24) is 9.55 Å². The molecular formula is C24H22ClN3O. The fourth-order valence-electron chi connectivity index (χ4n) is 3.12. The van der Waals surface area contributed by atoms with E-state index in [0.29, 0.717) is 18.2 Å². The SMILES string of the molecule is Cn1c(-c2cccc(Cl)c2)cnc1NCc1ccc(OCc2ccccc2)cc1. The molecule has 4 nitrogen and oxygen atoms in total. The van der Waals surface area contributed by atoms with Gasteiger partial charge in [-0.25, -0.2) is 4.98 Å². The highest BCUT2D eigenvalue weighted by Crippen LogP contribution is 2.25. The third-order valence-electron chi connectivity index (χ3n) is 4.73. The van der Waals surface area contributed by atoms with E-state index in [2.05, 4.69) is 34.6 Å². The summed E-state index contributed by atoms with van der Waals surface area (Å²) in [5, 5.41) is 4.10. The third kappa shape index (κ3) is 4.79. The molecule has 0 bridgehead atoms. The minimum Gasteiger partial charge on any atom is -0.489 e. The van der Waals surface area contributed by atoms with Crippen LogP contribution in [0.1, 0.15) is 11.1 Å². The molecule has 4 rings (SSSR count). The summed E-state index contributed by atoms with van der Waals surface area (Å²) < 4.78 is 7.87. The van der Waals surface area contributed by atoms with Crippen molar-refractivity contribution in [2.24, 2.45) is 7.05 Å². The molecule has 0 atom stereocenters. The molecule has 0 saturated heterocycles. The predicted molar refractivity (Wildman–Crippen MR) is 118 cm³/mol. The van der Waals surface area contributed by atoms with Gasteiger partial charge in [0.15, 0.2) is 0 Å². The molecule has 3 aromatic carbocycles. The summed E-state index contributed by atoms with van der Waals surface area (Å²) in [5.74, 6) is 1.67. The van der Waals surface area contributed by atoms with E-state index in [4.69, 9.17) is 16.3 Å². The van der Waals surface area contributed by atoms with Gasteiger partial charge in [-0.1, -0.05) is 66.2 Å². The number of ether oxygens (including phenoxy) is 1. The monoisotopic (exact) mass is 403 g/mol. The van der Waals surface area contributed by atoms with E-state index in [0.717, 1.165) is 34.1 Å². The minimum absolute atomic E-state index is 0.567. The van der Waals surface area contributed by atoms with Crippen LogP contribution in [0.4, 0.5) is 5.95 Å². The molecule has 0 aliphatic carbocycles. The Hall–Kier alpha value is -3.24. The van der Waals surface area contributed by atoms with Crippen LogP contribution in [0.2, 0.25) is 5.02 Å². The third-order valence-corrected chi connectivity index (χ3v) is 4.97. The molecule has 0 fully saturated rings. The first-order chi connectivity index (χ1) is 14.2. The van der Waals surface area contributed by atoms with Crippen molar-refractivity contribution >= 4 is 17.5 Å². The van der Waals surface area contributed by atoms with Gasteiger partial charge in [-0.05, 0) is 35.4 Å². The molecule has 4 aromatic rings. The molecular weight excluding hydrogens is 382 g/mol. The average Bonchev–Trinajstić information content (AvgIpc) is 3.12. The molecule has 1 N–H and O–H groups in total. The van der Waals surface area contributed by atoms with Crippen molar-refractivity contribution in [2.75, 3.05) is 5.32 Å². The van der Waals surface area contributed by atoms with Crippen molar-refractivity contribution in [3.63, 3.8) is 0 Å². The number of imidazole rings is 1. The number of nitrogens with one attached hydrogen (secondary N) is 1. The lowest BCUT2D eigenvalue weighted by atomic mass is 10.2. The van der Waals surface area contributed by atoms with E-state index in [1.165, 1.54) is 0 Å². The second-order valence-electron chi connectivity index (χ2n) is 6.81. The van der Waals surface area contributed by atoms with E-state index in [9.17, 15) is 0 Å². The standard InChI is InChI=1S/C24H22ClN3O/c1-28-23(20-8-5-9-21(25)14-20)16-27-24(28)26-15-18-10-12-22(13-11-18)29-17-19-6-3-2-4-7-19/h2-14,16H,15,17H2,1H3,(H,26,27). The van der Waals surface area contributed by atoms with E-state index >= 15 is 0 Å². The van der Waals surface area contributed by atoms with Gasteiger partial charge in [-0.3, -0.25) is 0 Å². The number of halogens is 1. The van der Waals surface area contributed by atoms with Gasteiger partial charge in [0, 0.05) is 24.2 Å². The summed E-state index contributed by atoms with van der Waals surface area (Å²) in [4.78, 5) is 4.50. The minimum atomic E-state index is 0.567. The molecule has 0 amide bonds. The van der Waals surface area contributed by atoms with Crippen LogP contribution in [0.3, 0.4) is 0 Å². The first-order valence-corrected chi connectivity index (χ1v) is 9.84. The lowest BCUT2D eigenvalue weighted by Gasteiger charge is -2.10.